The molecule has 4 nitrogen and oxygen atoms in total. The molecule has 0 aromatic heterocycles. The van der Waals surface area contributed by atoms with Crippen molar-refractivity contribution in [2.75, 3.05) is 18.6 Å². The highest BCUT2D eigenvalue weighted by atomic mass is 32.2. The number of carbonyl (C=O) groups is 1. The maximum absolute atomic E-state index is 11.3. The van der Waals surface area contributed by atoms with E-state index in [1.54, 1.807) is 0 Å². The summed E-state index contributed by atoms with van der Waals surface area (Å²) in [6.07, 6.45) is -0.0500. The molecule has 0 aliphatic rings. The highest BCUT2D eigenvalue weighted by Crippen LogP contribution is 2.02. The van der Waals surface area contributed by atoms with Gasteiger partial charge in [-0.15, -0.1) is 0 Å². The summed E-state index contributed by atoms with van der Waals surface area (Å²) in [5.41, 5.74) is 0. The van der Waals surface area contributed by atoms with Crippen LogP contribution in [0.25, 0.3) is 0 Å². The number of rotatable bonds is 5. The molecule has 0 aromatic carbocycles. The summed E-state index contributed by atoms with van der Waals surface area (Å²) in [6, 6.07) is 0. The Morgan fingerprint density at radius 2 is 1.92 bits per heavy atom. The van der Waals surface area contributed by atoms with Crippen molar-refractivity contribution in [3.05, 3.63) is 0 Å². The molecule has 0 saturated carbocycles. The van der Waals surface area contributed by atoms with Crippen LogP contribution in [0.2, 0.25) is 0 Å². The number of carbonyl (C=O) groups excluding carboxylic acids is 1. The third kappa shape index (κ3) is 6.57. The third-order valence-electron chi connectivity index (χ3n) is 1.43. The quantitative estimate of drug-likeness (QED) is 0.621. The van der Waals surface area contributed by atoms with Gasteiger partial charge >= 0.3 is 5.97 Å². The zero-order chi connectivity index (χ0) is 10.5. The van der Waals surface area contributed by atoms with Gasteiger partial charge in [0.1, 0.15) is 0 Å². The van der Waals surface area contributed by atoms with Gasteiger partial charge in [0.05, 0.1) is 25.0 Å². The minimum absolute atomic E-state index is 0.0500. The molecular formula is C8H16O4S. The van der Waals surface area contributed by atoms with Crippen molar-refractivity contribution in [1.29, 1.82) is 0 Å². The average molecular weight is 208 g/mol. The van der Waals surface area contributed by atoms with Crippen molar-refractivity contribution >= 4 is 15.8 Å². The molecule has 78 valence electrons. The lowest BCUT2D eigenvalue weighted by atomic mass is 10.3. The lowest BCUT2D eigenvalue weighted by molar-refractivity contribution is -0.140. The van der Waals surface area contributed by atoms with E-state index < -0.39 is 15.8 Å². The summed E-state index contributed by atoms with van der Waals surface area (Å²) >= 11 is 0. The van der Waals surface area contributed by atoms with Crippen LogP contribution in [0, 0.1) is 5.92 Å². The topological polar surface area (TPSA) is 60.4 Å². The first-order valence-corrected chi connectivity index (χ1v) is 5.97. The summed E-state index contributed by atoms with van der Waals surface area (Å²) < 4.78 is 26.9. The van der Waals surface area contributed by atoms with Gasteiger partial charge in [0.25, 0.3) is 0 Å². The maximum atomic E-state index is 11.3. The average Bonchev–Trinajstić information content (AvgIpc) is 1.98. The first-order valence-electron chi connectivity index (χ1n) is 4.14. The van der Waals surface area contributed by atoms with Crippen molar-refractivity contribution < 1.29 is 17.9 Å². The summed E-state index contributed by atoms with van der Waals surface area (Å²) in [5.74, 6) is -0.364. The van der Waals surface area contributed by atoms with E-state index in [9.17, 15) is 13.2 Å². The van der Waals surface area contributed by atoms with Gasteiger partial charge in [-0.2, -0.15) is 0 Å². The molecule has 0 heterocycles. The highest BCUT2D eigenvalue weighted by molar-refractivity contribution is 7.91. The molecule has 0 rings (SSSR count). The van der Waals surface area contributed by atoms with E-state index >= 15 is 0 Å². The SMILES string of the molecule is COC(=O)CCS(=O)(=O)CC(C)C. The van der Waals surface area contributed by atoms with Gasteiger partial charge < -0.3 is 4.74 Å². The molecule has 0 bridgehead atoms. The van der Waals surface area contributed by atoms with Crippen molar-refractivity contribution in [1.82, 2.24) is 0 Å². The Hall–Kier alpha value is -0.580. The number of methoxy groups -OCH3 is 1. The summed E-state index contributed by atoms with van der Waals surface area (Å²) in [7, 11) is -1.84. The van der Waals surface area contributed by atoms with Gasteiger partial charge in [-0.3, -0.25) is 4.79 Å². The number of hydrogen-bond donors (Lipinski definition) is 0. The Kier molecular flexibility index (Phi) is 4.98. The van der Waals surface area contributed by atoms with Gasteiger partial charge in [-0.1, -0.05) is 13.8 Å². The molecule has 0 fully saturated rings. The molecule has 5 heteroatoms. The van der Waals surface area contributed by atoms with Crippen LogP contribution in [0.4, 0.5) is 0 Å². The van der Waals surface area contributed by atoms with Gasteiger partial charge in [-0.05, 0) is 5.92 Å². The fourth-order valence-electron chi connectivity index (χ4n) is 0.932. The van der Waals surface area contributed by atoms with E-state index in [1.807, 2.05) is 13.8 Å². The van der Waals surface area contributed by atoms with Gasteiger partial charge in [-0.25, -0.2) is 8.42 Å². The molecule has 13 heavy (non-hydrogen) atoms. The molecule has 0 amide bonds. The van der Waals surface area contributed by atoms with Crippen molar-refractivity contribution in [2.45, 2.75) is 20.3 Å². The van der Waals surface area contributed by atoms with E-state index in [0.29, 0.717) is 0 Å². The van der Waals surface area contributed by atoms with Gasteiger partial charge in [0.2, 0.25) is 0 Å². The standard InChI is InChI=1S/C8H16O4S/c1-7(2)6-13(10,11)5-4-8(9)12-3/h7H,4-6H2,1-3H3. The van der Waals surface area contributed by atoms with Crippen LogP contribution in [0.1, 0.15) is 20.3 Å². The van der Waals surface area contributed by atoms with Gasteiger partial charge in [0, 0.05) is 0 Å². The molecule has 0 atom stereocenters. The van der Waals surface area contributed by atoms with Crippen LogP contribution in [0.5, 0.6) is 0 Å². The second kappa shape index (κ2) is 5.21. The van der Waals surface area contributed by atoms with Crippen LogP contribution in [-0.4, -0.2) is 33.0 Å². The molecule has 0 spiro atoms. The number of hydrogen-bond acceptors (Lipinski definition) is 4. The Labute approximate surface area is 79.2 Å². The van der Waals surface area contributed by atoms with Crippen LogP contribution in [0.3, 0.4) is 0 Å². The molecule has 0 aliphatic carbocycles. The molecule has 0 N–H and O–H groups in total. The highest BCUT2D eigenvalue weighted by Gasteiger charge is 2.15. The van der Waals surface area contributed by atoms with Crippen molar-refractivity contribution in [3.8, 4) is 0 Å². The molecule has 0 unspecified atom stereocenters. The van der Waals surface area contributed by atoms with Gasteiger partial charge in [0.15, 0.2) is 9.84 Å². The van der Waals surface area contributed by atoms with Crippen LogP contribution in [-0.2, 0) is 19.4 Å². The minimum Gasteiger partial charge on any atom is -0.469 e. The lowest BCUT2D eigenvalue weighted by Crippen LogP contribution is -2.18. The molecular weight excluding hydrogens is 192 g/mol. The molecule has 0 aromatic rings. The van der Waals surface area contributed by atoms with E-state index in [-0.39, 0.29) is 23.8 Å². The summed E-state index contributed by atoms with van der Waals surface area (Å²) in [4.78, 5) is 10.7. The molecule has 0 radical (unpaired) electrons. The van der Waals surface area contributed by atoms with Crippen molar-refractivity contribution in [3.63, 3.8) is 0 Å². The van der Waals surface area contributed by atoms with Crippen molar-refractivity contribution in [2.24, 2.45) is 5.92 Å². The number of ether oxygens (including phenoxy) is 1. The normalized spacial score (nSPS) is 11.7. The van der Waals surface area contributed by atoms with E-state index in [1.165, 1.54) is 7.11 Å². The summed E-state index contributed by atoms with van der Waals surface area (Å²) in [6.45, 7) is 3.66. The number of sulfone groups is 1. The van der Waals surface area contributed by atoms with Crippen LogP contribution >= 0.6 is 0 Å². The van der Waals surface area contributed by atoms with E-state index in [0.717, 1.165) is 0 Å². The maximum Gasteiger partial charge on any atom is 0.306 e. The fourth-order valence-corrected chi connectivity index (χ4v) is 2.59. The molecule has 0 aliphatic heterocycles. The second-order valence-electron chi connectivity index (χ2n) is 3.33. The summed E-state index contributed by atoms with van der Waals surface area (Å²) in [5, 5.41) is 0. The lowest BCUT2D eigenvalue weighted by Gasteiger charge is -2.05. The Bertz CT molecular complexity index is 253. The third-order valence-corrected chi connectivity index (χ3v) is 3.43. The fraction of sp³-hybridized carbons (Fsp3) is 0.875. The zero-order valence-electron chi connectivity index (χ0n) is 8.24. The molecule has 0 saturated heterocycles. The first kappa shape index (κ1) is 12.4. The Morgan fingerprint density at radius 3 is 2.31 bits per heavy atom. The first-order chi connectivity index (χ1) is 5.87. The van der Waals surface area contributed by atoms with Crippen LogP contribution in [0.15, 0.2) is 0 Å². The minimum atomic E-state index is -3.09. The zero-order valence-corrected chi connectivity index (χ0v) is 9.06. The largest absolute Gasteiger partial charge is 0.469 e. The Balaban J connectivity index is 3.97. The van der Waals surface area contributed by atoms with E-state index in [4.69, 9.17) is 0 Å². The van der Waals surface area contributed by atoms with Crippen LogP contribution < -0.4 is 0 Å². The monoisotopic (exact) mass is 208 g/mol. The Morgan fingerprint density at radius 1 is 1.38 bits per heavy atom. The predicted octanol–water partition coefficient (Wildman–Crippen LogP) is 0.620. The predicted molar refractivity (Wildman–Crippen MR) is 50.1 cm³/mol. The smallest absolute Gasteiger partial charge is 0.306 e. The second-order valence-corrected chi connectivity index (χ2v) is 5.56. The van der Waals surface area contributed by atoms with E-state index in [2.05, 4.69) is 4.74 Å². The number of esters is 1.